The van der Waals surface area contributed by atoms with Gasteiger partial charge in [0.25, 0.3) is 0 Å². The fraction of sp³-hybridized carbons (Fsp3) is 0.120. The molecule has 6 heteroatoms. The van der Waals surface area contributed by atoms with E-state index in [1.54, 1.807) is 6.07 Å². The third kappa shape index (κ3) is 4.86. The first-order chi connectivity index (χ1) is 15.2. The van der Waals surface area contributed by atoms with Crippen LogP contribution in [0.25, 0.3) is 10.9 Å². The van der Waals surface area contributed by atoms with Crippen LogP contribution >= 0.6 is 11.8 Å². The van der Waals surface area contributed by atoms with Crippen molar-refractivity contribution in [2.75, 3.05) is 7.11 Å². The number of halogens is 1. The molecule has 0 aliphatic rings. The van der Waals surface area contributed by atoms with Gasteiger partial charge in [-0.15, -0.1) is 11.8 Å². The van der Waals surface area contributed by atoms with Crippen LogP contribution in [0.15, 0.2) is 83.9 Å². The van der Waals surface area contributed by atoms with Gasteiger partial charge in [0, 0.05) is 11.1 Å². The van der Waals surface area contributed by atoms with Crippen molar-refractivity contribution in [1.29, 1.82) is 0 Å². The number of esters is 1. The second-order valence-electron chi connectivity index (χ2n) is 6.82. The standard InChI is InChI=1S/C25H20FNO3S/c1-29-25(28)22-23(30-15-17-8-3-2-4-9-17)20-12-5-6-13-21(20)27-24(22)31-16-18-10-7-11-19(26)14-18/h2-14H,15-16H2,1H3. The van der Waals surface area contributed by atoms with Gasteiger partial charge >= 0.3 is 5.97 Å². The lowest BCUT2D eigenvalue weighted by molar-refractivity contribution is 0.0590. The van der Waals surface area contributed by atoms with E-state index in [1.165, 1.54) is 31.0 Å². The zero-order valence-electron chi connectivity index (χ0n) is 16.9. The molecule has 4 rings (SSSR count). The first-order valence-electron chi connectivity index (χ1n) is 9.70. The molecule has 0 N–H and O–H groups in total. The van der Waals surface area contributed by atoms with E-state index < -0.39 is 5.97 Å². The molecule has 0 spiro atoms. The summed E-state index contributed by atoms with van der Waals surface area (Å²) in [6, 6.07) is 23.6. The Morgan fingerprint density at radius 3 is 2.48 bits per heavy atom. The highest BCUT2D eigenvalue weighted by molar-refractivity contribution is 7.98. The van der Waals surface area contributed by atoms with E-state index in [-0.39, 0.29) is 11.4 Å². The summed E-state index contributed by atoms with van der Waals surface area (Å²) in [6.45, 7) is 0.298. The van der Waals surface area contributed by atoms with E-state index >= 15 is 0 Å². The molecular weight excluding hydrogens is 413 g/mol. The highest BCUT2D eigenvalue weighted by Crippen LogP contribution is 2.37. The maximum Gasteiger partial charge on any atom is 0.344 e. The first-order valence-corrected chi connectivity index (χ1v) is 10.7. The number of hydrogen-bond acceptors (Lipinski definition) is 5. The molecular formula is C25H20FNO3S. The number of benzene rings is 3. The number of fused-ring (bicyclic) bond motifs is 1. The second kappa shape index (κ2) is 9.62. The van der Waals surface area contributed by atoms with Crippen LogP contribution in [0, 0.1) is 5.82 Å². The molecule has 0 radical (unpaired) electrons. The van der Waals surface area contributed by atoms with Crippen molar-refractivity contribution in [2.45, 2.75) is 17.4 Å². The predicted octanol–water partition coefficient (Wildman–Crippen LogP) is 6.03. The number of para-hydroxylation sites is 1. The van der Waals surface area contributed by atoms with Gasteiger partial charge in [-0.3, -0.25) is 0 Å². The molecule has 0 amide bonds. The van der Waals surface area contributed by atoms with Crippen LogP contribution in [0.5, 0.6) is 5.75 Å². The molecule has 1 heterocycles. The molecule has 156 valence electrons. The van der Waals surface area contributed by atoms with E-state index in [4.69, 9.17) is 9.47 Å². The molecule has 0 unspecified atom stereocenters. The monoisotopic (exact) mass is 433 g/mol. The van der Waals surface area contributed by atoms with Crippen LogP contribution in [-0.4, -0.2) is 18.1 Å². The number of carbonyl (C=O) groups is 1. The van der Waals surface area contributed by atoms with Crippen LogP contribution in [0.3, 0.4) is 0 Å². The molecule has 4 aromatic rings. The minimum atomic E-state index is -0.525. The molecule has 0 aliphatic heterocycles. The van der Waals surface area contributed by atoms with Crippen molar-refractivity contribution < 1.29 is 18.7 Å². The summed E-state index contributed by atoms with van der Waals surface area (Å²) in [6.07, 6.45) is 0. The van der Waals surface area contributed by atoms with Crippen molar-refractivity contribution in [3.8, 4) is 5.75 Å². The summed E-state index contributed by atoms with van der Waals surface area (Å²) in [5, 5.41) is 1.21. The number of hydrogen-bond donors (Lipinski definition) is 0. The SMILES string of the molecule is COC(=O)c1c(SCc2cccc(F)c2)nc2ccccc2c1OCc1ccccc1. The number of aromatic nitrogens is 1. The van der Waals surface area contributed by atoms with E-state index in [9.17, 15) is 9.18 Å². The Balaban J connectivity index is 1.76. The summed E-state index contributed by atoms with van der Waals surface area (Å²) in [7, 11) is 1.33. The van der Waals surface area contributed by atoms with Crippen molar-refractivity contribution in [1.82, 2.24) is 4.98 Å². The average Bonchev–Trinajstić information content (AvgIpc) is 2.81. The lowest BCUT2D eigenvalue weighted by Gasteiger charge is -2.16. The van der Waals surface area contributed by atoms with Gasteiger partial charge in [-0.05, 0) is 35.4 Å². The van der Waals surface area contributed by atoms with Gasteiger partial charge in [0.2, 0.25) is 0 Å². The number of pyridine rings is 1. The maximum absolute atomic E-state index is 13.6. The average molecular weight is 434 g/mol. The van der Waals surface area contributed by atoms with E-state index in [2.05, 4.69) is 4.98 Å². The van der Waals surface area contributed by atoms with Crippen LogP contribution in [0.1, 0.15) is 21.5 Å². The molecule has 0 saturated heterocycles. The summed E-state index contributed by atoms with van der Waals surface area (Å²) in [4.78, 5) is 17.4. The number of nitrogens with zero attached hydrogens (tertiary/aromatic N) is 1. The van der Waals surface area contributed by atoms with E-state index in [1.807, 2.05) is 60.7 Å². The van der Waals surface area contributed by atoms with Gasteiger partial charge < -0.3 is 9.47 Å². The Morgan fingerprint density at radius 1 is 0.968 bits per heavy atom. The van der Waals surface area contributed by atoms with Gasteiger partial charge in [-0.1, -0.05) is 54.6 Å². The topological polar surface area (TPSA) is 48.4 Å². The van der Waals surface area contributed by atoms with Gasteiger partial charge in [0.05, 0.1) is 12.6 Å². The predicted molar refractivity (Wildman–Crippen MR) is 120 cm³/mol. The maximum atomic E-state index is 13.6. The minimum absolute atomic E-state index is 0.276. The number of rotatable bonds is 7. The van der Waals surface area contributed by atoms with E-state index in [0.29, 0.717) is 28.7 Å². The largest absolute Gasteiger partial charge is 0.487 e. The Hall–Kier alpha value is -3.38. The first kappa shape index (κ1) is 20.9. The third-order valence-electron chi connectivity index (χ3n) is 4.69. The molecule has 0 atom stereocenters. The summed E-state index contributed by atoms with van der Waals surface area (Å²) >= 11 is 1.34. The fourth-order valence-electron chi connectivity index (χ4n) is 3.20. The van der Waals surface area contributed by atoms with Crippen LogP contribution in [0.4, 0.5) is 4.39 Å². The number of thioether (sulfide) groups is 1. The Kier molecular flexibility index (Phi) is 6.48. The third-order valence-corrected chi connectivity index (χ3v) is 5.74. The fourth-order valence-corrected chi connectivity index (χ4v) is 4.17. The van der Waals surface area contributed by atoms with Crippen LogP contribution < -0.4 is 4.74 Å². The highest BCUT2D eigenvalue weighted by atomic mass is 32.2. The van der Waals surface area contributed by atoms with Crippen LogP contribution in [-0.2, 0) is 17.1 Å². The smallest absolute Gasteiger partial charge is 0.344 e. The van der Waals surface area contributed by atoms with E-state index in [0.717, 1.165) is 16.5 Å². The number of ether oxygens (including phenoxy) is 2. The second-order valence-corrected chi connectivity index (χ2v) is 7.79. The van der Waals surface area contributed by atoms with Crippen molar-refractivity contribution in [3.63, 3.8) is 0 Å². The molecule has 0 saturated carbocycles. The highest BCUT2D eigenvalue weighted by Gasteiger charge is 2.24. The lowest BCUT2D eigenvalue weighted by Crippen LogP contribution is -2.10. The quantitative estimate of drug-likeness (QED) is 0.263. The Bertz CT molecular complexity index is 1210. The zero-order chi connectivity index (χ0) is 21.6. The Labute approximate surface area is 184 Å². The van der Waals surface area contributed by atoms with Gasteiger partial charge in [0.15, 0.2) is 0 Å². The Morgan fingerprint density at radius 2 is 1.71 bits per heavy atom. The van der Waals surface area contributed by atoms with Crippen molar-refractivity contribution >= 4 is 28.6 Å². The zero-order valence-corrected chi connectivity index (χ0v) is 17.7. The molecule has 1 aromatic heterocycles. The molecule has 31 heavy (non-hydrogen) atoms. The van der Waals surface area contributed by atoms with Crippen LogP contribution in [0.2, 0.25) is 0 Å². The summed E-state index contributed by atoms with van der Waals surface area (Å²) in [5.41, 5.74) is 2.76. The summed E-state index contributed by atoms with van der Waals surface area (Å²) < 4.78 is 24.8. The normalized spacial score (nSPS) is 10.8. The molecule has 3 aromatic carbocycles. The lowest BCUT2D eigenvalue weighted by atomic mass is 10.1. The molecule has 0 fully saturated rings. The van der Waals surface area contributed by atoms with Crippen molar-refractivity contribution in [3.05, 3.63) is 101 Å². The van der Waals surface area contributed by atoms with Gasteiger partial charge in [0.1, 0.15) is 28.8 Å². The van der Waals surface area contributed by atoms with Gasteiger partial charge in [-0.25, -0.2) is 14.2 Å². The summed E-state index contributed by atoms with van der Waals surface area (Å²) in [5.74, 6) is 0.0568. The van der Waals surface area contributed by atoms with Crippen molar-refractivity contribution in [2.24, 2.45) is 0 Å². The minimum Gasteiger partial charge on any atom is -0.487 e. The molecule has 4 nitrogen and oxygen atoms in total. The number of methoxy groups -OCH3 is 1. The number of carbonyl (C=O) groups excluding carboxylic acids is 1. The molecule has 0 aliphatic carbocycles. The van der Waals surface area contributed by atoms with Gasteiger partial charge in [-0.2, -0.15) is 0 Å². The molecule has 0 bridgehead atoms.